The molecule has 0 spiro atoms. The molecule has 1 aromatic heterocycles. The van der Waals surface area contributed by atoms with Gasteiger partial charge in [0.2, 0.25) is 0 Å². The van der Waals surface area contributed by atoms with E-state index in [1.807, 2.05) is 16.8 Å². The lowest BCUT2D eigenvalue weighted by Crippen LogP contribution is -2.27. The smallest absolute Gasteiger partial charge is 0.0837 e. The van der Waals surface area contributed by atoms with Crippen LogP contribution < -0.4 is 5.32 Å². The van der Waals surface area contributed by atoms with Crippen molar-refractivity contribution in [1.82, 2.24) is 15.1 Å². The summed E-state index contributed by atoms with van der Waals surface area (Å²) in [5.41, 5.74) is 2.20. The first-order chi connectivity index (χ1) is 10.1. The molecule has 1 atom stereocenters. The molecule has 114 valence electrons. The fraction of sp³-hybridized carbons (Fsp3) is 0.438. The topological polar surface area (TPSA) is 29.9 Å². The normalized spacial score (nSPS) is 12.9. The summed E-state index contributed by atoms with van der Waals surface area (Å²) < 4.78 is 3.07. The van der Waals surface area contributed by atoms with Gasteiger partial charge in [-0.25, -0.2) is 0 Å². The predicted molar refractivity (Wildman–Crippen MR) is 91.9 cm³/mol. The van der Waals surface area contributed by atoms with Crippen LogP contribution in [0, 0.1) is 0 Å². The van der Waals surface area contributed by atoms with Gasteiger partial charge in [0.15, 0.2) is 0 Å². The molecule has 5 heteroatoms. The van der Waals surface area contributed by atoms with E-state index in [0.29, 0.717) is 5.02 Å². The van der Waals surface area contributed by atoms with E-state index in [0.717, 1.165) is 23.1 Å². The highest BCUT2D eigenvalue weighted by Crippen LogP contribution is 2.33. The molecule has 0 aliphatic rings. The number of rotatable bonds is 6. The molecule has 0 radical (unpaired) electrons. The Morgan fingerprint density at radius 3 is 2.67 bits per heavy atom. The highest BCUT2D eigenvalue weighted by atomic mass is 79.9. The number of nitrogens with one attached hydrogen (secondary N) is 1. The molecule has 0 saturated carbocycles. The van der Waals surface area contributed by atoms with Crippen LogP contribution in [0.2, 0.25) is 5.02 Å². The number of nitrogens with zero attached hydrogens (tertiary/aromatic N) is 2. The Morgan fingerprint density at radius 1 is 1.33 bits per heavy atom. The van der Waals surface area contributed by atoms with Crippen molar-refractivity contribution in [2.45, 2.75) is 39.3 Å². The molecule has 0 fully saturated rings. The minimum absolute atomic E-state index is 0.0259. The second-order valence-corrected chi connectivity index (χ2v) is 6.59. The van der Waals surface area contributed by atoms with Gasteiger partial charge < -0.3 is 5.32 Å². The first kappa shape index (κ1) is 16.5. The summed E-state index contributed by atoms with van der Waals surface area (Å²) in [6, 6.07) is 8.53. The Bertz CT molecular complexity index is 595. The number of halogens is 2. The minimum Gasteiger partial charge on any atom is -0.305 e. The maximum atomic E-state index is 6.43. The van der Waals surface area contributed by atoms with Crippen molar-refractivity contribution in [3.63, 3.8) is 0 Å². The summed E-state index contributed by atoms with van der Waals surface area (Å²) in [6.45, 7) is 7.31. The summed E-state index contributed by atoms with van der Waals surface area (Å²) in [4.78, 5) is 0. The van der Waals surface area contributed by atoms with Crippen LogP contribution in [0.5, 0.6) is 0 Å². The molecule has 21 heavy (non-hydrogen) atoms. The van der Waals surface area contributed by atoms with E-state index in [2.05, 4.69) is 59.2 Å². The summed E-state index contributed by atoms with van der Waals surface area (Å²) in [7, 11) is 0. The van der Waals surface area contributed by atoms with Gasteiger partial charge in [-0.1, -0.05) is 52.7 Å². The molecule has 0 aliphatic carbocycles. The molecule has 2 rings (SSSR count). The first-order valence-electron chi connectivity index (χ1n) is 7.27. The maximum Gasteiger partial charge on any atom is 0.0837 e. The lowest BCUT2D eigenvalue weighted by molar-refractivity contribution is 0.471. The number of hydrogen-bond acceptors (Lipinski definition) is 2. The third-order valence-corrected chi connectivity index (χ3v) is 4.38. The van der Waals surface area contributed by atoms with Gasteiger partial charge >= 0.3 is 0 Å². The number of hydrogen-bond donors (Lipinski definition) is 1. The van der Waals surface area contributed by atoms with Gasteiger partial charge in [0.1, 0.15) is 0 Å². The number of aromatic nitrogens is 2. The zero-order valence-electron chi connectivity index (χ0n) is 12.6. The predicted octanol–water partition coefficient (Wildman–Crippen LogP) is 4.97. The van der Waals surface area contributed by atoms with Crippen LogP contribution >= 0.6 is 27.5 Å². The van der Waals surface area contributed by atoms with E-state index >= 15 is 0 Å². The number of benzene rings is 1. The van der Waals surface area contributed by atoms with Gasteiger partial charge in [-0.05, 0) is 38.4 Å². The van der Waals surface area contributed by atoms with Crippen LogP contribution in [0.1, 0.15) is 50.5 Å². The summed E-state index contributed by atoms with van der Waals surface area (Å²) in [6.07, 6.45) is 2.79. The monoisotopic (exact) mass is 369 g/mol. The molecular formula is C16H21BrClN3. The third-order valence-electron chi connectivity index (χ3n) is 3.36. The van der Waals surface area contributed by atoms with E-state index in [1.165, 1.54) is 5.56 Å². The summed E-state index contributed by atoms with van der Waals surface area (Å²) >= 11 is 10.1. The second-order valence-electron chi connectivity index (χ2n) is 5.32. The van der Waals surface area contributed by atoms with E-state index in [4.69, 9.17) is 11.6 Å². The van der Waals surface area contributed by atoms with Gasteiger partial charge in [-0.15, -0.1) is 0 Å². The zero-order valence-corrected chi connectivity index (χ0v) is 14.9. The molecule has 2 aromatic rings. The molecule has 1 heterocycles. The lowest BCUT2D eigenvalue weighted by Gasteiger charge is -2.23. The third kappa shape index (κ3) is 3.68. The van der Waals surface area contributed by atoms with Crippen molar-refractivity contribution in [3.05, 3.63) is 51.2 Å². The molecule has 1 unspecified atom stereocenters. The van der Waals surface area contributed by atoms with Crippen molar-refractivity contribution < 1.29 is 0 Å². The fourth-order valence-corrected chi connectivity index (χ4v) is 3.14. The van der Waals surface area contributed by atoms with E-state index in [9.17, 15) is 0 Å². The quantitative estimate of drug-likeness (QED) is 0.778. The van der Waals surface area contributed by atoms with Crippen LogP contribution in [0.3, 0.4) is 0 Å². The SMILES string of the molecule is CCCNC(c1ccccc1Br)c1c(Cl)cnn1C(C)C. The van der Waals surface area contributed by atoms with Crippen LogP contribution in [-0.2, 0) is 0 Å². The Morgan fingerprint density at radius 2 is 2.05 bits per heavy atom. The fourth-order valence-electron chi connectivity index (χ4n) is 2.38. The van der Waals surface area contributed by atoms with Crippen molar-refractivity contribution >= 4 is 27.5 Å². The van der Waals surface area contributed by atoms with Crippen molar-refractivity contribution in [1.29, 1.82) is 0 Å². The Labute approximate surface area is 139 Å². The van der Waals surface area contributed by atoms with Crippen molar-refractivity contribution in [3.8, 4) is 0 Å². The molecule has 1 aromatic carbocycles. The minimum atomic E-state index is 0.0259. The molecule has 0 saturated heterocycles. The van der Waals surface area contributed by atoms with Crippen molar-refractivity contribution in [2.24, 2.45) is 0 Å². The molecule has 0 bridgehead atoms. The summed E-state index contributed by atoms with van der Waals surface area (Å²) in [5.74, 6) is 0. The van der Waals surface area contributed by atoms with Crippen LogP contribution in [-0.4, -0.2) is 16.3 Å². The van der Waals surface area contributed by atoms with Crippen LogP contribution in [0.25, 0.3) is 0 Å². The highest BCUT2D eigenvalue weighted by molar-refractivity contribution is 9.10. The van der Waals surface area contributed by atoms with Gasteiger partial charge in [0.05, 0.1) is 23.0 Å². The Kier molecular flexibility index (Phi) is 5.85. The average Bonchev–Trinajstić information content (AvgIpc) is 2.83. The second kappa shape index (κ2) is 7.43. The first-order valence-corrected chi connectivity index (χ1v) is 8.44. The van der Waals surface area contributed by atoms with Gasteiger partial charge in [-0.3, -0.25) is 4.68 Å². The van der Waals surface area contributed by atoms with E-state index in [-0.39, 0.29) is 12.1 Å². The highest BCUT2D eigenvalue weighted by Gasteiger charge is 2.24. The van der Waals surface area contributed by atoms with Gasteiger partial charge in [0.25, 0.3) is 0 Å². The summed E-state index contributed by atoms with van der Waals surface area (Å²) in [5, 5.41) is 8.72. The van der Waals surface area contributed by atoms with Crippen LogP contribution in [0.15, 0.2) is 34.9 Å². The van der Waals surface area contributed by atoms with E-state index in [1.54, 1.807) is 6.20 Å². The van der Waals surface area contributed by atoms with Crippen LogP contribution in [0.4, 0.5) is 0 Å². The molecule has 0 amide bonds. The lowest BCUT2D eigenvalue weighted by atomic mass is 10.0. The molecular weight excluding hydrogens is 350 g/mol. The zero-order chi connectivity index (χ0) is 15.4. The maximum absolute atomic E-state index is 6.43. The standard InChI is InChI=1S/C16H21BrClN3/c1-4-9-19-15(12-7-5-6-8-13(12)17)16-14(18)10-20-21(16)11(2)3/h5-8,10-11,15,19H,4,9H2,1-3H3. The molecule has 3 nitrogen and oxygen atoms in total. The van der Waals surface area contributed by atoms with E-state index < -0.39 is 0 Å². The Balaban J connectivity index is 2.51. The van der Waals surface area contributed by atoms with Crippen molar-refractivity contribution in [2.75, 3.05) is 6.54 Å². The molecule has 0 aliphatic heterocycles. The van der Waals surface area contributed by atoms with Gasteiger partial charge in [-0.2, -0.15) is 5.10 Å². The molecule has 1 N–H and O–H groups in total. The Hall–Kier alpha value is -0.840. The average molecular weight is 371 g/mol. The largest absolute Gasteiger partial charge is 0.305 e. The van der Waals surface area contributed by atoms with Gasteiger partial charge in [0, 0.05) is 10.5 Å².